The normalized spacial score (nSPS) is 31.6. The minimum atomic E-state index is -0.754. The fourth-order valence-electron chi connectivity index (χ4n) is 4.06. The third-order valence-electron chi connectivity index (χ3n) is 5.52. The second-order valence-corrected chi connectivity index (χ2v) is 6.67. The average Bonchev–Trinajstić information content (AvgIpc) is 2.84. The summed E-state index contributed by atoms with van der Waals surface area (Å²) in [4.78, 5) is 27.4. The molecule has 2 amide bonds. The molecule has 1 N–H and O–H groups in total. The van der Waals surface area contributed by atoms with Gasteiger partial charge >= 0.3 is 12.0 Å². The van der Waals surface area contributed by atoms with E-state index in [0.29, 0.717) is 25.0 Å². The number of fused-ring (bicyclic) bond motifs is 1. The van der Waals surface area contributed by atoms with Gasteiger partial charge in [-0.3, -0.25) is 4.79 Å². The van der Waals surface area contributed by atoms with Crippen molar-refractivity contribution in [2.75, 3.05) is 19.6 Å². The summed E-state index contributed by atoms with van der Waals surface area (Å²) >= 11 is 0. The molecule has 0 aromatic heterocycles. The fraction of sp³-hybridized carbons (Fsp3) is 0.867. The van der Waals surface area contributed by atoms with Gasteiger partial charge in [-0.05, 0) is 31.6 Å². The number of likely N-dealkylation sites (tertiary alicyclic amines) is 2. The van der Waals surface area contributed by atoms with E-state index in [9.17, 15) is 9.59 Å². The smallest absolute Gasteiger partial charge is 0.320 e. The van der Waals surface area contributed by atoms with Crippen LogP contribution in [0.15, 0.2) is 0 Å². The first kappa shape index (κ1) is 13.7. The maximum atomic E-state index is 12.6. The molecule has 3 fully saturated rings. The van der Waals surface area contributed by atoms with Crippen molar-refractivity contribution in [1.82, 2.24) is 9.80 Å². The van der Waals surface area contributed by atoms with Crippen LogP contribution in [0.1, 0.15) is 39.0 Å². The van der Waals surface area contributed by atoms with Crippen molar-refractivity contribution in [3.63, 3.8) is 0 Å². The first-order valence-electron chi connectivity index (χ1n) is 7.86. The highest BCUT2D eigenvalue weighted by atomic mass is 16.4. The first-order chi connectivity index (χ1) is 9.58. The third-order valence-corrected chi connectivity index (χ3v) is 5.52. The number of nitrogens with zero attached hydrogens (tertiary/aromatic N) is 2. The van der Waals surface area contributed by atoms with Crippen molar-refractivity contribution in [1.29, 1.82) is 0 Å². The summed E-state index contributed by atoms with van der Waals surface area (Å²) in [5.41, 5.74) is 0. The summed E-state index contributed by atoms with van der Waals surface area (Å²) in [5, 5.41) is 9.00. The Balaban J connectivity index is 1.56. The number of carbonyl (C=O) groups excluding carboxylic acids is 1. The van der Waals surface area contributed by atoms with Gasteiger partial charge in [-0.25, -0.2) is 4.79 Å². The Morgan fingerprint density at radius 2 is 1.85 bits per heavy atom. The molecule has 0 bridgehead atoms. The van der Waals surface area contributed by atoms with Crippen molar-refractivity contribution in [2.24, 2.45) is 17.8 Å². The van der Waals surface area contributed by atoms with Crippen molar-refractivity contribution in [3.05, 3.63) is 0 Å². The Bertz CT molecular complexity index is 406. The lowest BCUT2D eigenvalue weighted by atomic mass is 9.87. The fourth-order valence-corrected chi connectivity index (χ4v) is 4.06. The van der Waals surface area contributed by atoms with E-state index in [2.05, 4.69) is 4.90 Å². The van der Waals surface area contributed by atoms with Gasteiger partial charge in [-0.1, -0.05) is 13.3 Å². The van der Waals surface area contributed by atoms with Gasteiger partial charge in [0.1, 0.15) is 0 Å². The first-order valence-corrected chi connectivity index (χ1v) is 7.86. The summed E-state index contributed by atoms with van der Waals surface area (Å²) in [6.07, 6.45) is 6.06. The monoisotopic (exact) mass is 280 g/mol. The molecule has 2 aliphatic heterocycles. The molecule has 112 valence electrons. The lowest BCUT2D eigenvalue weighted by molar-refractivity contribution is -0.145. The van der Waals surface area contributed by atoms with Crippen molar-refractivity contribution in [2.45, 2.75) is 45.1 Å². The molecule has 0 aromatic carbocycles. The molecular weight excluding hydrogens is 256 g/mol. The van der Waals surface area contributed by atoms with Gasteiger partial charge in [-0.2, -0.15) is 0 Å². The molecule has 2 heterocycles. The van der Waals surface area contributed by atoms with Crippen molar-refractivity contribution < 1.29 is 14.7 Å². The van der Waals surface area contributed by atoms with Gasteiger partial charge in [0.25, 0.3) is 0 Å². The largest absolute Gasteiger partial charge is 0.481 e. The number of hydrogen-bond donors (Lipinski definition) is 1. The van der Waals surface area contributed by atoms with Crippen LogP contribution in [0.5, 0.6) is 0 Å². The Morgan fingerprint density at radius 3 is 2.55 bits per heavy atom. The number of carboxylic acid groups (broad SMARTS) is 1. The Labute approximate surface area is 119 Å². The number of amides is 2. The summed E-state index contributed by atoms with van der Waals surface area (Å²) < 4.78 is 0. The number of carbonyl (C=O) groups is 2. The van der Waals surface area contributed by atoms with Crippen LogP contribution in [0.2, 0.25) is 0 Å². The van der Waals surface area contributed by atoms with Crippen LogP contribution < -0.4 is 0 Å². The summed E-state index contributed by atoms with van der Waals surface area (Å²) in [6, 6.07) is 0.600. The second-order valence-electron chi connectivity index (χ2n) is 6.67. The molecule has 1 saturated carbocycles. The highest BCUT2D eigenvalue weighted by Crippen LogP contribution is 2.38. The Hall–Kier alpha value is -1.26. The number of carboxylic acids is 1. The lowest BCUT2D eigenvalue weighted by Gasteiger charge is -2.47. The summed E-state index contributed by atoms with van der Waals surface area (Å²) in [5.74, 6) is -0.265. The number of urea groups is 1. The molecule has 5 heteroatoms. The molecule has 0 aromatic rings. The van der Waals surface area contributed by atoms with Gasteiger partial charge in [0.15, 0.2) is 0 Å². The molecule has 0 radical (unpaired) electrons. The standard InChI is InChI=1S/C15H24N2O3/c1-10(14(18)19)12-8-16(9-12)15(20)17-7-3-5-11-4-2-6-13(11)17/h10-13H,2-9H2,1H3,(H,18,19). The summed E-state index contributed by atoms with van der Waals surface area (Å²) in [7, 11) is 0. The van der Waals surface area contributed by atoms with E-state index in [0.717, 1.165) is 19.4 Å². The van der Waals surface area contributed by atoms with E-state index < -0.39 is 5.97 Å². The highest BCUT2D eigenvalue weighted by molar-refractivity contribution is 5.77. The van der Waals surface area contributed by atoms with Crippen LogP contribution in [0.25, 0.3) is 0 Å². The van der Waals surface area contributed by atoms with E-state index in [1.807, 2.05) is 4.90 Å². The Kier molecular flexibility index (Phi) is 3.61. The second kappa shape index (κ2) is 5.26. The van der Waals surface area contributed by atoms with Gasteiger partial charge in [-0.15, -0.1) is 0 Å². The molecule has 3 unspecified atom stereocenters. The Morgan fingerprint density at radius 1 is 1.15 bits per heavy atom. The zero-order valence-electron chi connectivity index (χ0n) is 12.1. The quantitative estimate of drug-likeness (QED) is 0.842. The summed E-state index contributed by atoms with van der Waals surface area (Å²) in [6.45, 7) is 3.85. The molecular formula is C15H24N2O3. The molecule has 3 atom stereocenters. The van der Waals surface area contributed by atoms with Crippen LogP contribution >= 0.6 is 0 Å². The average molecular weight is 280 g/mol. The highest BCUT2D eigenvalue weighted by Gasteiger charge is 2.43. The van der Waals surface area contributed by atoms with E-state index in [-0.39, 0.29) is 17.9 Å². The number of rotatable bonds is 2. The molecule has 0 spiro atoms. The van der Waals surface area contributed by atoms with E-state index in [1.165, 1.54) is 19.3 Å². The van der Waals surface area contributed by atoms with Crippen LogP contribution in [0, 0.1) is 17.8 Å². The van der Waals surface area contributed by atoms with Crippen LogP contribution in [0.4, 0.5) is 4.79 Å². The topological polar surface area (TPSA) is 60.9 Å². The van der Waals surface area contributed by atoms with Crippen molar-refractivity contribution >= 4 is 12.0 Å². The SMILES string of the molecule is CC(C(=O)O)C1CN(C(=O)N2CCCC3CCCC32)C1. The minimum Gasteiger partial charge on any atom is -0.481 e. The predicted molar refractivity (Wildman–Crippen MR) is 74.3 cm³/mol. The predicted octanol–water partition coefficient (Wildman–Crippen LogP) is 2.02. The van der Waals surface area contributed by atoms with Gasteiger partial charge < -0.3 is 14.9 Å². The van der Waals surface area contributed by atoms with E-state index in [1.54, 1.807) is 6.92 Å². The maximum absolute atomic E-state index is 12.6. The lowest BCUT2D eigenvalue weighted by Crippen LogP contribution is -2.60. The van der Waals surface area contributed by atoms with E-state index in [4.69, 9.17) is 5.11 Å². The number of aliphatic carboxylic acids is 1. The van der Waals surface area contributed by atoms with Crippen LogP contribution in [-0.4, -0.2) is 52.6 Å². The molecule has 2 saturated heterocycles. The molecule has 1 aliphatic carbocycles. The number of piperidine rings is 1. The van der Waals surface area contributed by atoms with Gasteiger partial charge in [0.05, 0.1) is 5.92 Å². The number of hydrogen-bond acceptors (Lipinski definition) is 2. The zero-order chi connectivity index (χ0) is 14.3. The zero-order valence-corrected chi connectivity index (χ0v) is 12.1. The molecule has 5 nitrogen and oxygen atoms in total. The minimum absolute atomic E-state index is 0.126. The van der Waals surface area contributed by atoms with Gasteiger partial charge in [0, 0.05) is 31.6 Å². The third kappa shape index (κ3) is 2.27. The maximum Gasteiger partial charge on any atom is 0.320 e. The molecule has 3 aliphatic rings. The molecule has 3 rings (SSSR count). The van der Waals surface area contributed by atoms with Gasteiger partial charge in [0.2, 0.25) is 0 Å². The van der Waals surface area contributed by atoms with Crippen molar-refractivity contribution in [3.8, 4) is 0 Å². The van der Waals surface area contributed by atoms with Crippen LogP contribution in [-0.2, 0) is 4.79 Å². The van der Waals surface area contributed by atoms with E-state index >= 15 is 0 Å². The molecule has 20 heavy (non-hydrogen) atoms. The van der Waals surface area contributed by atoms with Crippen LogP contribution in [0.3, 0.4) is 0 Å².